The van der Waals surface area contributed by atoms with Gasteiger partial charge in [0.2, 0.25) is 6.10 Å². The van der Waals surface area contributed by atoms with E-state index in [2.05, 4.69) is 0 Å². The maximum absolute atomic E-state index is 13.0. The minimum Gasteiger partial charge on any atom is -0.458 e. The van der Waals surface area contributed by atoms with Gasteiger partial charge in [-0.3, -0.25) is 4.90 Å². The number of carbonyl (C=O) groups is 3. The smallest absolute Gasteiger partial charge is 0.411 e. The van der Waals surface area contributed by atoms with Gasteiger partial charge in [-0.25, -0.2) is 14.4 Å². The van der Waals surface area contributed by atoms with E-state index in [1.807, 2.05) is 60.7 Å². The van der Waals surface area contributed by atoms with Gasteiger partial charge in [0.15, 0.2) is 0 Å². The molecule has 1 aliphatic heterocycles. The quantitative estimate of drug-likeness (QED) is 0.460. The summed E-state index contributed by atoms with van der Waals surface area (Å²) in [4.78, 5) is 39.8. The van der Waals surface area contributed by atoms with Crippen molar-refractivity contribution in [1.29, 1.82) is 0 Å². The van der Waals surface area contributed by atoms with Crippen molar-refractivity contribution >= 4 is 18.0 Å². The SMILES string of the molecule is CC(C)(C)OC(=O)N1CCC[C@H]1C(=O)O[C@@H](Cc1ccccc1)C(=O)OCc1ccccc1. The Morgan fingerprint density at radius 3 is 2.18 bits per heavy atom. The molecule has 176 valence electrons. The van der Waals surface area contributed by atoms with Crippen LogP contribution in [0.2, 0.25) is 0 Å². The minimum atomic E-state index is -1.12. The number of nitrogens with zero attached hydrogens (tertiary/aromatic N) is 1. The van der Waals surface area contributed by atoms with Crippen molar-refractivity contribution in [2.45, 2.75) is 64.4 Å². The zero-order valence-corrected chi connectivity index (χ0v) is 19.4. The Morgan fingerprint density at radius 1 is 0.970 bits per heavy atom. The van der Waals surface area contributed by atoms with Crippen molar-refractivity contribution in [2.24, 2.45) is 0 Å². The van der Waals surface area contributed by atoms with Crippen molar-refractivity contribution in [3.05, 3.63) is 71.8 Å². The molecule has 0 bridgehead atoms. The third kappa shape index (κ3) is 7.34. The van der Waals surface area contributed by atoms with E-state index in [1.54, 1.807) is 20.8 Å². The predicted octanol–water partition coefficient (Wildman–Crippen LogP) is 4.28. The Bertz CT molecular complexity index is 938. The van der Waals surface area contributed by atoms with Crippen LogP contribution in [-0.2, 0) is 36.8 Å². The molecule has 1 aliphatic rings. The van der Waals surface area contributed by atoms with Gasteiger partial charge in [-0.2, -0.15) is 0 Å². The number of esters is 2. The van der Waals surface area contributed by atoms with Crippen LogP contribution < -0.4 is 0 Å². The van der Waals surface area contributed by atoms with Gasteiger partial charge in [0, 0.05) is 13.0 Å². The van der Waals surface area contributed by atoms with Gasteiger partial charge < -0.3 is 14.2 Å². The average Bonchev–Trinajstić information content (AvgIpc) is 3.28. The van der Waals surface area contributed by atoms with Crippen LogP contribution in [0.4, 0.5) is 4.79 Å². The summed E-state index contributed by atoms with van der Waals surface area (Å²) < 4.78 is 16.5. The highest BCUT2D eigenvalue weighted by Crippen LogP contribution is 2.23. The minimum absolute atomic E-state index is 0.0793. The topological polar surface area (TPSA) is 82.1 Å². The summed E-state index contributed by atoms with van der Waals surface area (Å²) in [6.45, 7) is 5.79. The molecule has 2 atom stereocenters. The summed E-state index contributed by atoms with van der Waals surface area (Å²) in [6.07, 6.45) is -0.395. The number of hydrogen-bond donors (Lipinski definition) is 0. The molecule has 0 N–H and O–H groups in total. The summed E-state index contributed by atoms with van der Waals surface area (Å²) in [5.74, 6) is -1.26. The molecule has 2 aromatic carbocycles. The number of carbonyl (C=O) groups excluding carboxylic acids is 3. The van der Waals surface area contributed by atoms with E-state index < -0.39 is 35.8 Å². The number of hydrogen-bond acceptors (Lipinski definition) is 6. The second kappa shape index (κ2) is 11.0. The van der Waals surface area contributed by atoms with E-state index in [9.17, 15) is 14.4 Å². The lowest BCUT2D eigenvalue weighted by molar-refractivity contribution is -0.171. The molecule has 7 nitrogen and oxygen atoms in total. The number of rotatable bonds is 7. The first-order valence-corrected chi connectivity index (χ1v) is 11.2. The summed E-state index contributed by atoms with van der Waals surface area (Å²) >= 11 is 0. The van der Waals surface area contributed by atoms with Crippen LogP contribution in [0.3, 0.4) is 0 Å². The predicted molar refractivity (Wildman–Crippen MR) is 122 cm³/mol. The number of ether oxygens (including phenoxy) is 3. The van der Waals surface area contributed by atoms with Gasteiger partial charge in [0.1, 0.15) is 18.2 Å². The van der Waals surface area contributed by atoms with Gasteiger partial charge in [-0.1, -0.05) is 60.7 Å². The van der Waals surface area contributed by atoms with Crippen LogP contribution in [0.15, 0.2) is 60.7 Å². The van der Waals surface area contributed by atoms with Crippen LogP contribution >= 0.6 is 0 Å². The first kappa shape index (κ1) is 24.3. The van der Waals surface area contributed by atoms with Crippen molar-refractivity contribution in [2.75, 3.05) is 6.54 Å². The van der Waals surface area contributed by atoms with Gasteiger partial charge in [-0.15, -0.1) is 0 Å². The van der Waals surface area contributed by atoms with E-state index >= 15 is 0 Å². The fourth-order valence-corrected chi connectivity index (χ4v) is 3.59. The molecule has 2 aromatic rings. The number of likely N-dealkylation sites (tertiary alicyclic amines) is 1. The molecule has 33 heavy (non-hydrogen) atoms. The largest absolute Gasteiger partial charge is 0.458 e. The summed E-state index contributed by atoms with van der Waals surface area (Å²) in [6, 6.07) is 17.8. The Hall–Kier alpha value is -3.35. The number of amides is 1. The molecule has 1 amide bonds. The molecule has 0 aliphatic carbocycles. The maximum Gasteiger partial charge on any atom is 0.411 e. The van der Waals surface area contributed by atoms with Crippen molar-refractivity contribution in [3.63, 3.8) is 0 Å². The number of benzene rings is 2. The summed E-state index contributed by atoms with van der Waals surface area (Å²) in [7, 11) is 0. The first-order valence-electron chi connectivity index (χ1n) is 11.2. The molecule has 0 spiro atoms. The van der Waals surface area contributed by atoms with E-state index in [1.165, 1.54) is 4.90 Å². The van der Waals surface area contributed by atoms with Gasteiger partial charge in [0.25, 0.3) is 0 Å². The Balaban J connectivity index is 1.69. The summed E-state index contributed by atoms with van der Waals surface area (Å²) in [5, 5.41) is 0. The third-order valence-corrected chi connectivity index (χ3v) is 5.16. The van der Waals surface area contributed by atoms with Crippen molar-refractivity contribution in [1.82, 2.24) is 4.90 Å². The molecule has 7 heteroatoms. The van der Waals surface area contributed by atoms with Crippen molar-refractivity contribution in [3.8, 4) is 0 Å². The highest BCUT2D eigenvalue weighted by Gasteiger charge is 2.39. The molecule has 0 saturated carbocycles. The lowest BCUT2D eigenvalue weighted by atomic mass is 10.1. The Morgan fingerprint density at radius 2 is 1.58 bits per heavy atom. The maximum atomic E-state index is 13.0. The Kier molecular flexibility index (Phi) is 8.09. The monoisotopic (exact) mass is 453 g/mol. The summed E-state index contributed by atoms with van der Waals surface area (Å²) in [5.41, 5.74) is 0.996. The van der Waals surface area contributed by atoms with Crippen LogP contribution in [-0.4, -0.2) is 47.2 Å². The highest BCUT2D eigenvalue weighted by molar-refractivity contribution is 5.85. The van der Waals surface area contributed by atoms with Crippen LogP contribution in [0.25, 0.3) is 0 Å². The fraction of sp³-hybridized carbons (Fsp3) is 0.423. The van der Waals surface area contributed by atoms with E-state index in [4.69, 9.17) is 14.2 Å². The van der Waals surface area contributed by atoms with Crippen LogP contribution in [0, 0.1) is 0 Å². The third-order valence-electron chi connectivity index (χ3n) is 5.16. The lowest BCUT2D eigenvalue weighted by Gasteiger charge is -2.28. The zero-order valence-electron chi connectivity index (χ0n) is 19.4. The highest BCUT2D eigenvalue weighted by atomic mass is 16.6. The van der Waals surface area contributed by atoms with E-state index in [0.29, 0.717) is 19.4 Å². The molecule has 0 radical (unpaired) electrons. The second-order valence-corrected chi connectivity index (χ2v) is 9.04. The van der Waals surface area contributed by atoms with E-state index in [-0.39, 0.29) is 13.0 Å². The van der Waals surface area contributed by atoms with Crippen LogP contribution in [0.1, 0.15) is 44.7 Å². The molecule has 1 saturated heterocycles. The first-order chi connectivity index (χ1) is 15.7. The standard InChI is InChI=1S/C26H31NO6/c1-26(2,3)33-25(30)27-16-10-15-21(27)23(28)32-22(17-19-11-6-4-7-12-19)24(29)31-18-20-13-8-5-9-14-20/h4-9,11-14,21-22H,10,15-18H2,1-3H3/t21-,22-/m0/s1. The van der Waals surface area contributed by atoms with Gasteiger partial charge in [0.05, 0.1) is 0 Å². The molecular weight excluding hydrogens is 422 g/mol. The van der Waals surface area contributed by atoms with Gasteiger partial charge >= 0.3 is 18.0 Å². The molecule has 1 fully saturated rings. The fourth-order valence-electron chi connectivity index (χ4n) is 3.59. The normalized spacial score (nSPS) is 16.7. The van der Waals surface area contributed by atoms with E-state index in [0.717, 1.165) is 11.1 Å². The average molecular weight is 454 g/mol. The second-order valence-electron chi connectivity index (χ2n) is 9.04. The molecular formula is C26H31NO6. The van der Waals surface area contributed by atoms with Crippen LogP contribution in [0.5, 0.6) is 0 Å². The van der Waals surface area contributed by atoms with Gasteiger partial charge in [-0.05, 0) is 44.7 Å². The zero-order chi connectivity index (χ0) is 23.8. The molecule has 1 heterocycles. The molecule has 0 unspecified atom stereocenters. The molecule has 3 rings (SSSR count). The lowest BCUT2D eigenvalue weighted by Crippen LogP contribution is -2.45. The van der Waals surface area contributed by atoms with Crippen molar-refractivity contribution < 1.29 is 28.6 Å². The molecule has 0 aromatic heterocycles. The Labute approximate surface area is 194 Å².